The summed E-state index contributed by atoms with van der Waals surface area (Å²) in [4.78, 5) is 33.0. The zero-order valence-corrected chi connectivity index (χ0v) is 21.6. The molecule has 0 aliphatic carbocycles. The average Bonchev–Trinajstić information content (AvgIpc) is 2.93. The summed E-state index contributed by atoms with van der Waals surface area (Å²) >= 11 is 0. The smallest absolute Gasteiger partial charge is 0.254 e. The Morgan fingerprint density at radius 3 is 2.11 bits per heavy atom. The van der Waals surface area contributed by atoms with Crippen molar-refractivity contribution in [3.8, 4) is 11.5 Å². The van der Waals surface area contributed by atoms with Crippen LogP contribution in [0.25, 0.3) is 0 Å². The molecule has 2 fully saturated rings. The minimum absolute atomic E-state index is 0.0500. The number of amides is 2. The maximum absolute atomic E-state index is 13.3. The van der Waals surface area contributed by atoms with Gasteiger partial charge in [-0.1, -0.05) is 30.3 Å². The van der Waals surface area contributed by atoms with Gasteiger partial charge in [0.15, 0.2) is 0 Å². The summed E-state index contributed by atoms with van der Waals surface area (Å²) in [5.41, 5.74) is 1.66. The van der Waals surface area contributed by atoms with E-state index in [2.05, 4.69) is 34.3 Å². The SMILES string of the molecule is COc1cc(OC)cc(C(=O)N2CCC(C(=O)NC(CN3CCN(C)CC3)c3ccccc3)CC2)c1. The van der Waals surface area contributed by atoms with E-state index in [0.717, 1.165) is 38.3 Å². The number of methoxy groups -OCH3 is 2. The van der Waals surface area contributed by atoms with E-state index in [9.17, 15) is 9.59 Å². The fraction of sp³-hybridized carbons (Fsp3) is 0.500. The van der Waals surface area contributed by atoms with Crippen LogP contribution in [0.15, 0.2) is 48.5 Å². The lowest BCUT2D eigenvalue weighted by Crippen LogP contribution is -2.49. The van der Waals surface area contributed by atoms with E-state index in [-0.39, 0.29) is 23.8 Å². The molecule has 2 aliphatic rings. The van der Waals surface area contributed by atoms with Gasteiger partial charge in [0.2, 0.25) is 5.91 Å². The Hall–Kier alpha value is -3.10. The Balaban J connectivity index is 1.36. The number of hydrogen-bond donors (Lipinski definition) is 1. The Morgan fingerprint density at radius 1 is 0.917 bits per heavy atom. The number of nitrogens with one attached hydrogen (secondary N) is 1. The Bertz CT molecular complexity index is 993. The number of nitrogens with zero attached hydrogens (tertiary/aromatic N) is 3. The van der Waals surface area contributed by atoms with Crippen molar-refractivity contribution in [2.75, 3.05) is 67.1 Å². The molecule has 1 N–H and O–H groups in total. The van der Waals surface area contributed by atoms with Gasteiger partial charge in [0.25, 0.3) is 5.91 Å². The molecule has 36 heavy (non-hydrogen) atoms. The standard InChI is InChI=1S/C28H38N4O4/c1-30-13-15-31(16-14-30)20-26(21-7-5-4-6-8-21)29-27(33)22-9-11-32(12-10-22)28(34)23-17-24(35-2)19-25(18-23)36-3/h4-8,17-19,22,26H,9-16,20H2,1-3H3,(H,29,33). The van der Waals surface area contributed by atoms with Gasteiger partial charge in [-0.2, -0.15) is 0 Å². The van der Waals surface area contributed by atoms with Crippen LogP contribution in [0.2, 0.25) is 0 Å². The van der Waals surface area contributed by atoms with Crippen molar-refractivity contribution in [2.24, 2.45) is 5.92 Å². The molecule has 2 saturated heterocycles. The van der Waals surface area contributed by atoms with Gasteiger partial charge in [0, 0.05) is 63.4 Å². The molecule has 1 atom stereocenters. The number of carbonyl (C=O) groups excluding carboxylic acids is 2. The third-order valence-corrected chi connectivity index (χ3v) is 7.31. The highest BCUT2D eigenvalue weighted by Gasteiger charge is 2.30. The van der Waals surface area contributed by atoms with Crippen LogP contribution in [0.3, 0.4) is 0 Å². The average molecular weight is 495 g/mol. The maximum Gasteiger partial charge on any atom is 0.254 e. The fourth-order valence-corrected chi connectivity index (χ4v) is 4.96. The molecule has 4 rings (SSSR count). The molecule has 2 heterocycles. The van der Waals surface area contributed by atoms with Crippen LogP contribution in [0.4, 0.5) is 0 Å². The highest BCUT2D eigenvalue weighted by Crippen LogP contribution is 2.26. The third kappa shape index (κ3) is 6.56. The van der Waals surface area contributed by atoms with Gasteiger partial charge in [-0.25, -0.2) is 0 Å². The second-order valence-corrected chi connectivity index (χ2v) is 9.74. The first-order valence-corrected chi connectivity index (χ1v) is 12.8. The van der Waals surface area contributed by atoms with Gasteiger partial charge < -0.3 is 24.6 Å². The highest BCUT2D eigenvalue weighted by atomic mass is 16.5. The molecular formula is C28H38N4O4. The van der Waals surface area contributed by atoms with E-state index in [1.54, 1.807) is 32.4 Å². The lowest BCUT2D eigenvalue weighted by atomic mass is 9.94. The molecular weight excluding hydrogens is 456 g/mol. The van der Waals surface area contributed by atoms with Crippen LogP contribution < -0.4 is 14.8 Å². The largest absolute Gasteiger partial charge is 0.497 e. The second kappa shape index (κ2) is 12.2. The fourth-order valence-electron chi connectivity index (χ4n) is 4.96. The summed E-state index contributed by atoms with van der Waals surface area (Å²) in [5, 5.41) is 3.34. The number of likely N-dealkylation sites (tertiary alicyclic amines) is 1. The van der Waals surface area contributed by atoms with Crippen LogP contribution in [0, 0.1) is 5.92 Å². The van der Waals surface area contributed by atoms with E-state index in [1.165, 1.54) is 0 Å². The summed E-state index contributed by atoms with van der Waals surface area (Å²) in [7, 11) is 5.29. The Labute approximate surface area is 214 Å². The van der Waals surface area contributed by atoms with Crippen LogP contribution >= 0.6 is 0 Å². The minimum atomic E-state index is -0.104. The van der Waals surface area contributed by atoms with Gasteiger partial charge in [-0.05, 0) is 37.6 Å². The topological polar surface area (TPSA) is 74.3 Å². The summed E-state index contributed by atoms with van der Waals surface area (Å²) in [5.74, 6) is 1.07. The predicted molar refractivity (Wildman–Crippen MR) is 139 cm³/mol. The van der Waals surface area contributed by atoms with Gasteiger partial charge >= 0.3 is 0 Å². The van der Waals surface area contributed by atoms with Crippen molar-refractivity contribution < 1.29 is 19.1 Å². The van der Waals surface area contributed by atoms with Gasteiger partial charge in [-0.3, -0.25) is 14.5 Å². The van der Waals surface area contributed by atoms with Crippen LogP contribution in [-0.4, -0.2) is 93.6 Å². The highest BCUT2D eigenvalue weighted by molar-refractivity contribution is 5.95. The number of benzene rings is 2. The lowest BCUT2D eigenvalue weighted by molar-refractivity contribution is -0.127. The van der Waals surface area contributed by atoms with E-state index in [1.807, 2.05) is 23.1 Å². The van der Waals surface area contributed by atoms with E-state index in [0.29, 0.717) is 43.0 Å². The summed E-state index contributed by atoms with van der Waals surface area (Å²) in [6.45, 7) is 5.99. The molecule has 0 radical (unpaired) electrons. The molecule has 2 amide bonds. The normalized spacial score (nSPS) is 18.5. The van der Waals surface area contributed by atoms with Crippen molar-refractivity contribution in [2.45, 2.75) is 18.9 Å². The van der Waals surface area contributed by atoms with Gasteiger partial charge in [-0.15, -0.1) is 0 Å². The van der Waals surface area contributed by atoms with Crippen molar-refractivity contribution in [3.05, 3.63) is 59.7 Å². The summed E-state index contributed by atoms with van der Waals surface area (Å²) in [6, 6.07) is 15.4. The number of likely N-dealkylation sites (N-methyl/N-ethyl adjacent to an activating group) is 1. The third-order valence-electron chi connectivity index (χ3n) is 7.31. The van der Waals surface area contributed by atoms with Gasteiger partial charge in [0.05, 0.1) is 20.3 Å². The van der Waals surface area contributed by atoms with E-state index >= 15 is 0 Å². The number of piperazine rings is 1. The van der Waals surface area contributed by atoms with E-state index < -0.39 is 0 Å². The number of carbonyl (C=O) groups is 2. The first-order chi connectivity index (χ1) is 17.5. The van der Waals surface area contributed by atoms with Gasteiger partial charge in [0.1, 0.15) is 11.5 Å². The minimum Gasteiger partial charge on any atom is -0.497 e. The number of piperidine rings is 1. The quantitative estimate of drug-likeness (QED) is 0.608. The molecule has 8 heteroatoms. The summed E-state index contributed by atoms with van der Waals surface area (Å²) in [6.07, 6.45) is 1.30. The zero-order valence-electron chi connectivity index (χ0n) is 21.6. The molecule has 2 aliphatic heterocycles. The van der Waals surface area contributed by atoms with Crippen molar-refractivity contribution in [1.29, 1.82) is 0 Å². The molecule has 194 valence electrons. The second-order valence-electron chi connectivity index (χ2n) is 9.74. The molecule has 2 aromatic carbocycles. The summed E-state index contributed by atoms with van der Waals surface area (Å²) < 4.78 is 10.6. The molecule has 8 nitrogen and oxygen atoms in total. The number of rotatable bonds is 8. The van der Waals surface area contributed by atoms with Crippen molar-refractivity contribution >= 4 is 11.8 Å². The lowest BCUT2D eigenvalue weighted by Gasteiger charge is -2.36. The predicted octanol–water partition coefficient (Wildman–Crippen LogP) is 2.66. The van der Waals surface area contributed by atoms with Crippen LogP contribution in [0.5, 0.6) is 11.5 Å². The molecule has 1 unspecified atom stereocenters. The number of hydrogen-bond acceptors (Lipinski definition) is 6. The maximum atomic E-state index is 13.3. The molecule has 0 spiro atoms. The molecule has 2 aromatic rings. The zero-order chi connectivity index (χ0) is 25.5. The molecule has 0 saturated carbocycles. The van der Waals surface area contributed by atoms with Crippen molar-refractivity contribution in [3.63, 3.8) is 0 Å². The molecule has 0 aromatic heterocycles. The first-order valence-electron chi connectivity index (χ1n) is 12.8. The Morgan fingerprint density at radius 2 is 1.53 bits per heavy atom. The van der Waals surface area contributed by atoms with Crippen LogP contribution in [-0.2, 0) is 4.79 Å². The van der Waals surface area contributed by atoms with E-state index in [4.69, 9.17) is 9.47 Å². The van der Waals surface area contributed by atoms with Crippen molar-refractivity contribution in [1.82, 2.24) is 20.0 Å². The molecule has 0 bridgehead atoms. The first kappa shape index (κ1) is 26.0. The monoisotopic (exact) mass is 494 g/mol. The van der Waals surface area contributed by atoms with Crippen LogP contribution in [0.1, 0.15) is 34.8 Å². The Kier molecular flexibility index (Phi) is 8.83. The number of ether oxygens (including phenoxy) is 2.